The van der Waals surface area contributed by atoms with Crippen molar-refractivity contribution in [2.24, 2.45) is 13.0 Å². The number of rotatable bonds is 14. The van der Waals surface area contributed by atoms with Gasteiger partial charge in [-0.2, -0.15) is 0 Å². The fourth-order valence-corrected chi connectivity index (χ4v) is 3.86. The first-order chi connectivity index (χ1) is 18.5. The molecule has 13 nitrogen and oxygen atoms in total. The van der Waals surface area contributed by atoms with Crippen LogP contribution in [0.1, 0.15) is 55.6 Å². The molecule has 1 atom stereocenters. The Labute approximate surface area is 226 Å². The SMILES string of the molecule is CCC(CC)CNC(=O)Cn1cc(C)cc(NC(=O)[C@H](CCC(=O)C(=O)NC)NC(=O)c2cncn2C)c1=O. The van der Waals surface area contributed by atoms with Crippen LogP contribution >= 0.6 is 0 Å². The van der Waals surface area contributed by atoms with Crippen LogP contribution in [0.15, 0.2) is 29.6 Å². The summed E-state index contributed by atoms with van der Waals surface area (Å²) in [4.78, 5) is 79.1. The summed E-state index contributed by atoms with van der Waals surface area (Å²) in [6.45, 7) is 6.06. The summed E-state index contributed by atoms with van der Waals surface area (Å²) in [5.74, 6) is -2.97. The van der Waals surface area contributed by atoms with Crippen LogP contribution < -0.4 is 26.8 Å². The molecular formula is C26H37N7O6. The minimum Gasteiger partial charge on any atom is -0.354 e. The van der Waals surface area contributed by atoms with Crippen LogP contribution in [0.2, 0.25) is 0 Å². The molecule has 2 rings (SSSR count). The molecule has 2 aromatic rings. The Kier molecular flexibility index (Phi) is 11.6. The number of ketones is 1. The highest BCUT2D eigenvalue weighted by atomic mass is 16.2. The van der Waals surface area contributed by atoms with E-state index in [1.54, 1.807) is 14.0 Å². The van der Waals surface area contributed by atoms with Gasteiger partial charge in [-0.05, 0) is 30.9 Å². The van der Waals surface area contributed by atoms with Gasteiger partial charge >= 0.3 is 0 Å². The van der Waals surface area contributed by atoms with Crippen molar-refractivity contribution in [1.29, 1.82) is 0 Å². The van der Waals surface area contributed by atoms with E-state index in [9.17, 15) is 28.8 Å². The fourth-order valence-electron chi connectivity index (χ4n) is 3.86. The van der Waals surface area contributed by atoms with Crippen molar-refractivity contribution in [1.82, 2.24) is 30.1 Å². The molecule has 4 N–H and O–H groups in total. The standard InChI is InChI=1S/C26H37N7O6/c1-6-17(7-2)11-29-22(35)14-33-13-16(3)10-19(26(33)39)31-23(36)18(8-9-21(34)25(38)27-4)30-24(37)20-12-28-15-32(20)5/h10,12-13,15,17-18H,6-9,11,14H2,1-5H3,(H,27,38)(H,29,35)(H,30,37)(H,31,36)/t18-/m0/s1. The normalized spacial score (nSPS) is 11.5. The first-order valence-corrected chi connectivity index (χ1v) is 12.8. The van der Waals surface area contributed by atoms with Gasteiger partial charge < -0.3 is 30.4 Å². The second-order valence-electron chi connectivity index (χ2n) is 9.30. The molecule has 2 aromatic heterocycles. The maximum absolute atomic E-state index is 13.2. The first kappa shape index (κ1) is 30.9. The third-order valence-electron chi connectivity index (χ3n) is 6.35. The second-order valence-corrected chi connectivity index (χ2v) is 9.30. The molecule has 0 bridgehead atoms. The van der Waals surface area contributed by atoms with E-state index in [1.165, 1.54) is 41.0 Å². The predicted octanol–water partition coefficient (Wildman–Crippen LogP) is 0.275. The Hall–Kier alpha value is -4.29. The van der Waals surface area contributed by atoms with E-state index in [4.69, 9.17) is 0 Å². The average Bonchev–Trinajstić information content (AvgIpc) is 3.34. The summed E-state index contributed by atoms with van der Waals surface area (Å²) in [5, 5.41) is 10.1. The molecule has 2 heterocycles. The predicted molar refractivity (Wildman–Crippen MR) is 144 cm³/mol. The molecule has 212 valence electrons. The Morgan fingerprint density at radius 1 is 1.10 bits per heavy atom. The highest BCUT2D eigenvalue weighted by Crippen LogP contribution is 2.09. The minimum atomic E-state index is -1.25. The van der Waals surface area contributed by atoms with E-state index < -0.39 is 35.1 Å². The first-order valence-electron chi connectivity index (χ1n) is 12.8. The van der Waals surface area contributed by atoms with Crippen molar-refractivity contribution >= 4 is 35.1 Å². The molecule has 0 aliphatic carbocycles. The lowest BCUT2D eigenvalue weighted by molar-refractivity contribution is -0.137. The molecule has 0 unspecified atom stereocenters. The maximum atomic E-state index is 13.2. The molecule has 0 aliphatic heterocycles. The van der Waals surface area contributed by atoms with Crippen molar-refractivity contribution in [2.75, 3.05) is 18.9 Å². The van der Waals surface area contributed by atoms with Crippen LogP contribution in [0.3, 0.4) is 0 Å². The van der Waals surface area contributed by atoms with Crippen molar-refractivity contribution in [2.45, 2.75) is 59.0 Å². The highest BCUT2D eigenvalue weighted by molar-refractivity contribution is 6.36. The lowest BCUT2D eigenvalue weighted by Crippen LogP contribution is -2.45. The van der Waals surface area contributed by atoms with E-state index in [-0.39, 0.29) is 36.7 Å². The summed E-state index contributed by atoms with van der Waals surface area (Å²) in [6, 6.07) is 0.201. The smallest absolute Gasteiger partial charge is 0.287 e. The molecule has 13 heteroatoms. The number of hydrogen-bond donors (Lipinski definition) is 4. The summed E-state index contributed by atoms with van der Waals surface area (Å²) >= 11 is 0. The Bertz CT molecular complexity index is 1260. The van der Waals surface area contributed by atoms with Gasteiger partial charge in [-0.3, -0.25) is 28.8 Å². The lowest BCUT2D eigenvalue weighted by Gasteiger charge is -2.19. The number of likely N-dealkylation sites (N-methyl/N-ethyl adjacent to an activating group) is 1. The summed E-state index contributed by atoms with van der Waals surface area (Å²) in [7, 11) is 2.91. The van der Waals surface area contributed by atoms with E-state index in [2.05, 4.69) is 26.3 Å². The quantitative estimate of drug-likeness (QED) is 0.248. The molecule has 0 spiro atoms. The highest BCUT2D eigenvalue weighted by Gasteiger charge is 2.26. The zero-order valence-electron chi connectivity index (χ0n) is 23.0. The number of imidazole rings is 1. The topological polar surface area (TPSA) is 173 Å². The number of nitrogens with zero attached hydrogens (tertiary/aromatic N) is 3. The molecule has 0 aromatic carbocycles. The molecule has 0 saturated heterocycles. The van der Waals surface area contributed by atoms with E-state index in [0.717, 1.165) is 12.8 Å². The average molecular weight is 544 g/mol. The van der Waals surface area contributed by atoms with Crippen LogP contribution in [0.5, 0.6) is 0 Å². The third kappa shape index (κ3) is 8.90. The van der Waals surface area contributed by atoms with Crippen molar-refractivity contribution in [3.05, 3.63) is 46.4 Å². The van der Waals surface area contributed by atoms with Crippen LogP contribution in [-0.2, 0) is 32.8 Å². The molecular weight excluding hydrogens is 506 g/mol. The largest absolute Gasteiger partial charge is 0.354 e. The zero-order valence-corrected chi connectivity index (χ0v) is 23.0. The second kappa shape index (κ2) is 14.6. The van der Waals surface area contributed by atoms with Gasteiger partial charge in [0.1, 0.15) is 24.0 Å². The van der Waals surface area contributed by atoms with E-state index in [0.29, 0.717) is 18.0 Å². The van der Waals surface area contributed by atoms with Gasteiger partial charge in [-0.1, -0.05) is 26.7 Å². The number of aromatic nitrogens is 3. The Morgan fingerprint density at radius 3 is 2.38 bits per heavy atom. The number of Topliss-reactive ketones (excluding diaryl/α,β-unsaturated/α-hetero) is 1. The van der Waals surface area contributed by atoms with Gasteiger partial charge in [-0.25, -0.2) is 4.98 Å². The maximum Gasteiger partial charge on any atom is 0.287 e. The number of hydrogen-bond acceptors (Lipinski definition) is 7. The van der Waals surface area contributed by atoms with Crippen LogP contribution in [0.4, 0.5) is 5.69 Å². The number of carbonyl (C=O) groups excluding carboxylic acids is 5. The number of amides is 4. The molecule has 4 amide bonds. The van der Waals surface area contributed by atoms with Gasteiger partial charge in [0.15, 0.2) is 0 Å². The van der Waals surface area contributed by atoms with Crippen LogP contribution in [-0.4, -0.2) is 63.2 Å². The number of anilines is 1. The van der Waals surface area contributed by atoms with E-state index >= 15 is 0 Å². The monoisotopic (exact) mass is 543 g/mol. The van der Waals surface area contributed by atoms with Crippen molar-refractivity contribution in [3.8, 4) is 0 Å². The van der Waals surface area contributed by atoms with Crippen LogP contribution in [0, 0.1) is 12.8 Å². The van der Waals surface area contributed by atoms with Gasteiger partial charge in [0.25, 0.3) is 17.4 Å². The van der Waals surface area contributed by atoms with Gasteiger partial charge in [0, 0.05) is 33.3 Å². The van der Waals surface area contributed by atoms with Crippen molar-refractivity contribution in [3.63, 3.8) is 0 Å². The fraction of sp³-hybridized carbons (Fsp3) is 0.500. The summed E-state index contributed by atoms with van der Waals surface area (Å²) < 4.78 is 2.65. The Balaban J connectivity index is 2.22. The Morgan fingerprint density at radius 2 is 1.79 bits per heavy atom. The van der Waals surface area contributed by atoms with Gasteiger partial charge in [0.2, 0.25) is 17.6 Å². The number of nitrogens with one attached hydrogen (secondary N) is 4. The lowest BCUT2D eigenvalue weighted by atomic mass is 10.0. The molecule has 0 saturated carbocycles. The molecule has 0 fully saturated rings. The van der Waals surface area contributed by atoms with Gasteiger partial charge in [-0.15, -0.1) is 0 Å². The third-order valence-corrected chi connectivity index (χ3v) is 6.35. The number of carbonyl (C=O) groups is 5. The summed E-state index contributed by atoms with van der Waals surface area (Å²) in [5.41, 5.74) is 0.0840. The van der Waals surface area contributed by atoms with Crippen molar-refractivity contribution < 1.29 is 24.0 Å². The minimum absolute atomic E-state index is 0.0924. The number of aryl methyl sites for hydroxylation is 2. The number of pyridine rings is 1. The zero-order chi connectivity index (χ0) is 29.1. The van der Waals surface area contributed by atoms with Gasteiger partial charge in [0.05, 0.1) is 12.5 Å². The van der Waals surface area contributed by atoms with E-state index in [1.807, 2.05) is 13.8 Å². The molecule has 0 radical (unpaired) electrons. The van der Waals surface area contributed by atoms with Crippen LogP contribution in [0.25, 0.3) is 0 Å². The summed E-state index contributed by atoms with van der Waals surface area (Å²) in [6.07, 6.45) is 5.56. The molecule has 39 heavy (non-hydrogen) atoms. The molecule has 0 aliphatic rings.